The second-order valence-corrected chi connectivity index (χ2v) is 16.6. The van der Waals surface area contributed by atoms with Crippen LogP contribution in [0.3, 0.4) is 0 Å². The lowest BCUT2D eigenvalue weighted by atomic mass is 11.8. The first kappa shape index (κ1) is 11.9. The molecule has 0 heterocycles. The number of rotatable bonds is 3. The molecule has 0 aromatic rings. The zero-order valence-corrected chi connectivity index (χ0v) is 12.0. The van der Waals surface area contributed by atoms with Gasteiger partial charge in [0.2, 0.25) is 0 Å². The molecule has 0 aromatic heterocycles. The Balaban J connectivity index is 4.56. The fraction of sp³-hybridized carbons (Fsp3) is 1.00. The van der Waals surface area contributed by atoms with Gasteiger partial charge in [-0.2, -0.15) is 0 Å². The van der Waals surface area contributed by atoms with Gasteiger partial charge in [0.15, 0.2) is 0 Å². The lowest BCUT2D eigenvalue weighted by molar-refractivity contribution is 1.000. The van der Waals surface area contributed by atoms with E-state index in [0.717, 1.165) is 7.51 Å². The molecule has 0 bridgehead atoms. The van der Waals surface area contributed by atoms with Crippen LogP contribution in [0.5, 0.6) is 0 Å². The first-order valence-corrected chi connectivity index (χ1v) is 12.6. The Kier molecular flexibility index (Phi) is 4.06. The Morgan fingerprint density at radius 1 is 0.909 bits per heavy atom. The van der Waals surface area contributed by atoms with Gasteiger partial charge in [0.25, 0.3) is 0 Å². The van der Waals surface area contributed by atoms with Crippen molar-refractivity contribution >= 4 is 35.8 Å². The van der Waals surface area contributed by atoms with Crippen molar-refractivity contribution in [1.29, 1.82) is 0 Å². The minimum absolute atomic E-state index is 1.06. The van der Waals surface area contributed by atoms with E-state index in [1.807, 2.05) is 0 Å². The second kappa shape index (κ2) is 3.75. The zero-order chi connectivity index (χ0) is 9.28. The number of hydrogen-bond acceptors (Lipinski definition) is 1. The third-order valence-electron chi connectivity index (χ3n) is 1.35. The summed E-state index contributed by atoms with van der Waals surface area (Å²) in [6, 6.07) is 0. The fourth-order valence-corrected chi connectivity index (χ4v) is 15.7. The van der Waals surface area contributed by atoms with Crippen molar-refractivity contribution < 1.29 is 0 Å². The summed E-state index contributed by atoms with van der Waals surface area (Å²) >= 11 is 5.14. The first-order chi connectivity index (χ1) is 4.69. The van der Waals surface area contributed by atoms with Crippen LogP contribution in [-0.2, 0) is 11.8 Å². The van der Waals surface area contributed by atoms with Crippen LogP contribution in [0.1, 0.15) is 0 Å². The molecule has 0 aromatic carbocycles. The van der Waals surface area contributed by atoms with E-state index in [1.165, 1.54) is 0 Å². The van der Waals surface area contributed by atoms with Gasteiger partial charge in [-0.25, -0.2) is 0 Å². The molecule has 0 radical (unpaired) electrons. The monoisotopic (exact) mass is 223 g/mol. The van der Waals surface area contributed by atoms with Gasteiger partial charge in [-0.3, -0.25) is 4.00 Å². The van der Waals surface area contributed by atoms with Gasteiger partial charge in [-0.15, -0.1) is 0 Å². The molecule has 0 unspecified atom stereocenters. The van der Waals surface area contributed by atoms with E-state index in [0.29, 0.717) is 0 Å². The van der Waals surface area contributed by atoms with Gasteiger partial charge in [-0.1, -0.05) is 39.3 Å². The lowest BCUT2D eigenvalue weighted by Crippen LogP contribution is -2.53. The summed E-state index contributed by atoms with van der Waals surface area (Å²) in [6.45, 7) is 14.2. The molecular weight excluding hydrogens is 205 g/mol. The Morgan fingerprint density at radius 3 is 1.18 bits per heavy atom. The molecule has 0 aliphatic heterocycles. The van der Waals surface area contributed by atoms with Crippen LogP contribution in [0.15, 0.2) is 0 Å². The molecule has 0 fully saturated rings. The predicted octanol–water partition coefficient (Wildman–Crippen LogP) is 3.28. The zero-order valence-electron chi connectivity index (χ0n) is 8.30. The summed E-state index contributed by atoms with van der Waals surface area (Å²) in [6.07, 6.45) is 0. The van der Waals surface area contributed by atoms with Crippen LogP contribution in [0.4, 0.5) is 0 Å². The normalized spacial score (nSPS) is 14.5. The largest absolute Gasteiger partial charge is 0.291 e. The smallest absolute Gasteiger partial charge is 0.121 e. The highest BCUT2D eigenvalue weighted by atomic mass is 32.4. The average molecular weight is 223 g/mol. The molecule has 11 heavy (non-hydrogen) atoms. The van der Waals surface area contributed by atoms with Gasteiger partial charge < -0.3 is 0 Å². The fourth-order valence-electron chi connectivity index (χ4n) is 1.25. The SMILES string of the molecule is C[Si](C)(C)N(P=S)[Si](C)(C)C. The van der Waals surface area contributed by atoms with Crippen molar-refractivity contribution in [3.63, 3.8) is 0 Å². The van der Waals surface area contributed by atoms with Crippen LogP contribution in [0.2, 0.25) is 39.3 Å². The summed E-state index contributed by atoms with van der Waals surface area (Å²) in [5.74, 6) is 0. The lowest BCUT2D eigenvalue weighted by Gasteiger charge is -2.38. The van der Waals surface area contributed by atoms with Crippen molar-refractivity contribution in [1.82, 2.24) is 4.00 Å². The topological polar surface area (TPSA) is 3.24 Å². The van der Waals surface area contributed by atoms with Gasteiger partial charge >= 0.3 is 0 Å². The molecule has 0 aliphatic carbocycles. The second-order valence-electron chi connectivity index (χ2n) is 4.74. The van der Waals surface area contributed by atoms with E-state index in [9.17, 15) is 0 Å². The van der Waals surface area contributed by atoms with Gasteiger partial charge in [0.1, 0.15) is 16.5 Å². The van der Waals surface area contributed by atoms with E-state index >= 15 is 0 Å². The molecule has 0 amide bonds. The third kappa shape index (κ3) is 3.90. The number of nitrogens with zero attached hydrogens (tertiary/aromatic N) is 1. The highest BCUT2D eigenvalue weighted by Crippen LogP contribution is 2.26. The molecule has 0 atom stereocenters. The first-order valence-electron chi connectivity index (χ1n) is 3.83. The molecule has 0 N–H and O–H groups in total. The molecule has 0 saturated carbocycles. The third-order valence-corrected chi connectivity index (χ3v) is 13.6. The summed E-state index contributed by atoms with van der Waals surface area (Å²) in [5.41, 5.74) is 0. The molecular formula is C6H18NPSSi2. The molecule has 1 nitrogen and oxygen atoms in total. The Labute approximate surface area is 79.3 Å². The highest BCUT2D eigenvalue weighted by Gasteiger charge is 2.33. The van der Waals surface area contributed by atoms with Crippen LogP contribution >= 0.6 is 7.51 Å². The van der Waals surface area contributed by atoms with E-state index in [2.05, 4.69) is 43.3 Å². The maximum absolute atomic E-state index is 5.14. The van der Waals surface area contributed by atoms with Crippen LogP contribution in [-0.4, -0.2) is 20.5 Å². The van der Waals surface area contributed by atoms with E-state index in [4.69, 9.17) is 11.8 Å². The summed E-state index contributed by atoms with van der Waals surface area (Å²) in [4.78, 5) is 0. The Hall–Kier alpha value is 0.914. The Morgan fingerprint density at radius 2 is 1.18 bits per heavy atom. The highest BCUT2D eigenvalue weighted by molar-refractivity contribution is 7.96. The molecule has 0 rings (SSSR count). The molecule has 66 valence electrons. The summed E-state index contributed by atoms with van der Waals surface area (Å²) in [5, 5.41) is 0. The Bertz CT molecular complexity index is 136. The van der Waals surface area contributed by atoms with Crippen LogP contribution < -0.4 is 0 Å². The van der Waals surface area contributed by atoms with Crippen molar-refractivity contribution in [2.45, 2.75) is 39.3 Å². The average Bonchev–Trinajstić information content (AvgIpc) is 1.56. The summed E-state index contributed by atoms with van der Waals surface area (Å²) < 4.78 is 2.56. The molecule has 0 saturated heterocycles. The predicted molar refractivity (Wildman–Crippen MR) is 62.8 cm³/mol. The number of hydrogen-bond donors (Lipinski definition) is 0. The van der Waals surface area contributed by atoms with E-state index in [1.54, 1.807) is 0 Å². The minimum atomic E-state index is -1.14. The molecule has 5 heteroatoms. The minimum Gasteiger partial charge on any atom is -0.291 e. The summed E-state index contributed by atoms with van der Waals surface area (Å²) in [7, 11) is -1.23. The molecule has 0 spiro atoms. The van der Waals surface area contributed by atoms with E-state index in [-0.39, 0.29) is 0 Å². The van der Waals surface area contributed by atoms with Gasteiger partial charge in [0, 0.05) is 7.51 Å². The maximum atomic E-state index is 5.14. The quantitative estimate of drug-likeness (QED) is 0.533. The molecule has 0 aliphatic rings. The van der Waals surface area contributed by atoms with Crippen LogP contribution in [0, 0.1) is 0 Å². The van der Waals surface area contributed by atoms with Crippen molar-refractivity contribution in [3.05, 3.63) is 0 Å². The van der Waals surface area contributed by atoms with Gasteiger partial charge in [-0.05, 0) is 11.8 Å². The van der Waals surface area contributed by atoms with Gasteiger partial charge in [0.05, 0.1) is 0 Å². The van der Waals surface area contributed by atoms with Crippen molar-refractivity contribution in [3.8, 4) is 0 Å². The maximum Gasteiger partial charge on any atom is 0.121 e. The van der Waals surface area contributed by atoms with Crippen LogP contribution in [0.25, 0.3) is 0 Å². The van der Waals surface area contributed by atoms with Crippen molar-refractivity contribution in [2.24, 2.45) is 0 Å². The standard InChI is InChI=1S/C6H18NPSSi2/c1-10(2,3)7(8-9)11(4,5)6/h1-6H3. The van der Waals surface area contributed by atoms with Crippen molar-refractivity contribution in [2.75, 3.05) is 0 Å². The van der Waals surface area contributed by atoms with E-state index < -0.39 is 16.5 Å².